The molecule has 6 heteroatoms. The molecule has 0 saturated carbocycles. The van der Waals surface area contributed by atoms with Crippen LogP contribution in [0.1, 0.15) is 17.0 Å². The largest absolute Gasteiger partial charge is 0.383 e. The van der Waals surface area contributed by atoms with Gasteiger partial charge in [-0.2, -0.15) is 5.10 Å². The highest BCUT2D eigenvalue weighted by Crippen LogP contribution is 2.23. The second kappa shape index (κ2) is 8.29. The average molecular weight is 369 g/mol. The fourth-order valence-corrected chi connectivity index (χ4v) is 3.25. The van der Waals surface area contributed by atoms with Crippen molar-refractivity contribution in [2.75, 3.05) is 25.6 Å². The van der Waals surface area contributed by atoms with Crippen LogP contribution < -0.4 is 10.6 Å². The van der Waals surface area contributed by atoms with E-state index in [1.165, 1.54) is 16.3 Å². The van der Waals surface area contributed by atoms with Crippen LogP contribution in [0.3, 0.4) is 0 Å². The average Bonchev–Trinajstić information content (AvgIpc) is 2.90. The summed E-state index contributed by atoms with van der Waals surface area (Å²) >= 11 is 5.36. The summed E-state index contributed by atoms with van der Waals surface area (Å²) in [6.07, 6.45) is 0. The SMILES string of the molecule is COCCNC(=S)Nc1c(C)nn(Cc2cccc3ccccc23)c1C. The lowest BCUT2D eigenvalue weighted by atomic mass is 10.0. The lowest BCUT2D eigenvalue weighted by Gasteiger charge is -2.11. The van der Waals surface area contributed by atoms with Gasteiger partial charge in [0.15, 0.2) is 5.11 Å². The van der Waals surface area contributed by atoms with E-state index in [-0.39, 0.29) is 0 Å². The molecule has 0 aliphatic rings. The topological polar surface area (TPSA) is 51.1 Å². The fraction of sp³-hybridized carbons (Fsp3) is 0.300. The summed E-state index contributed by atoms with van der Waals surface area (Å²) in [5.41, 5.74) is 4.20. The van der Waals surface area contributed by atoms with Crippen LogP contribution in [-0.2, 0) is 11.3 Å². The van der Waals surface area contributed by atoms with Gasteiger partial charge in [-0.15, -0.1) is 0 Å². The van der Waals surface area contributed by atoms with E-state index >= 15 is 0 Å². The first kappa shape index (κ1) is 18.4. The molecule has 3 rings (SSSR count). The minimum Gasteiger partial charge on any atom is -0.383 e. The Kier molecular flexibility index (Phi) is 5.85. The highest BCUT2D eigenvalue weighted by atomic mass is 32.1. The third-order valence-electron chi connectivity index (χ3n) is 4.41. The Morgan fingerprint density at radius 2 is 1.92 bits per heavy atom. The zero-order valence-corrected chi connectivity index (χ0v) is 16.2. The van der Waals surface area contributed by atoms with Crippen molar-refractivity contribution in [3.63, 3.8) is 0 Å². The molecular formula is C20H24N4OS. The van der Waals surface area contributed by atoms with Crippen LogP contribution in [0, 0.1) is 13.8 Å². The number of benzene rings is 2. The second-order valence-corrected chi connectivity index (χ2v) is 6.62. The first-order valence-electron chi connectivity index (χ1n) is 8.64. The lowest BCUT2D eigenvalue weighted by molar-refractivity contribution is 0.204. The molecule has 0 amide bonds. The Morgan fingerprint density at radius 3 is 2.73 bits per heavy atom. The van der Waals surface area contributed by atoms with Crippen molar-refractivity contribution in [2.24, 2.45) is 0 Å². The molecule has 26 heavy (non-hydrogen) atoms. The van der Waals surface area contributed by atoms with Crippen molar-refractivity contribution in [1.29, 1.82) is 0 Å². The number of ether oxygens (including phenoxy) is 1. The van der Waals surface area contributed by atoms with E-state index in [1.54, 1.807) is 7.11 Å². The van der Waals surface area contributed by atoms with Crippen LogP contribution in [-0.4, -0.2) is 35.2 Å². The number of rotatable bonds is 6. The van der Waals surface area contributed by atoms with E-state index in [0.29, 0.717) is 18.3 Å². The van der Waals surface area contributed by atoms with Crippen molar-refractivity contribution < 1.29 is 4.74 Å². The maximum atomic E-state index is 5.36. The summed E-state index contributed by atoms with van der Waals surface area (Å²) in [5, 5.41) is 14.2. The molecule has 0 unspecified atom stereocenters. The summed E-state index contributed by atoms with van der Waals surface area (Å²) < 4.78 is 7.05. The first-order chi connectivity index (χ1) is 12.6. The first-order valence-corrected chi connectivity index (χ1v) is 9.05. The van der Waals surface area contributed by atoms with Gasteiger partial charge in [-0.3, -0.25) is 4.68 Å². The standard InChI is InChI=1S/C20H24N4OS/c1-14-19(22-20(26)21-11-12-25-3)15(2)24(23-14)13-17-9-6-8-16-7-4-5-10-18(16)17/h4-10H,11-13H2,1-3H3,(H2,21,22,26). The number of hydrogen-bond acceptors (Lipinski definition) is 3. The van der Waals surface area contributed by atoms with Gasteiger partial charge in [-0.1, -0.05) is 42.5 Å². The van der Waals surface area contributed by atoms with Crippen molar-refractivity contribution in [1.82, 2.24) is 15.1 Å². The highest BCUT2D eigenvalue weighted by Gasteiger charge is 2.13. The molecule has 0 atom stereocenters. The van der Waals surface area contributed by atoms with Crippen LogP contribution in [0.15, 0.2) is 42.5 Å². The lowest BCUT2D eigenvalue weighted by Crippen LogP contribution is -2.31. The molecule has 0 aliphatic carbocycles. The minimum atomic E-state index is 0.581. The zero-order chi connectivity index (χ0) is 18.5. The molecular weight excluding hydrogens is 344 g/mol. The Labute approximate surface area is 159 Å². The maximum absolute atomic E-state index is 5.36. The molecule has 5 nitrogen and oxygen atoms in total. The molecule has 0 fully saturated rings. The molecule has 0 bridgehead atoms. The van der Waals surface area contributed by atoms with Gasteiger partial charge in [-0.05, 0) is 42.4 Å². The van der Waals surface area contributed by atoms with Crippen LogP contribution in [0.4, 0.5) is 5.69 Å². The number of hydrogen-bond donors (Lipinski definition) is 2. The number of thiocarbonyl (C=S) groups is 1. The minimum absolute atomic E-state index is 0.581. The summed E-state index contributed by atoms with van der Waals surface area (Å²) in [4.78, 5) is 0. The molecule has 1 heterocycles. The molecule has 0 spiro atoms. The van der Waals surface area contributed by atoms with Gasteiger partial charge in [0.1, 0.15) is 0 Å². The number of anilines is 1. The van der Waals surface area contributed by atoms with Crippen LogP contribution in [0.25, 0.3) is 10.8 Å². The molecule has 2 aromatic carbocycles. The number of aromatic nitrogens is 2. The number of nitrogens with zero attached hydrogens (tertiary/aromatic N) is 2. The third kappa shape index (κ3) is 4.03. The van der Waals surface area contributed by atoms with Crippen molar-refractivity contribution in [3.8, 4) is 0 Å². The Morgan fingerprint density at radius 1 is 1.15 bits per heavy atom. The van der Waals surface area contributed by atoms with E-state index < -0.39 is 0 Å². The fourth-order valence-electron chi connectivity index (χ4n) is 3.05. The summed E-state index contributed by atoms with van der Waals surface area (Å²) in [5.74, 6) is 0. The quantitative estimate of drug-likeness (QED) is 0.514. The van der Waals surface area contributed by atoms with Crippen LogP contribution in [0.5, 0.6) is 0 Å². The van der Waals surface area contributed by atoms with Gasteiger partial charge in [0.25, 0.3) is 0 Å². The molecule has 136 valence electrons. The summed E-state index contributed by atoms with van der Waals surface area (Å²) in [6.45, 7) is 6.06. The zero-order valence-electron chi connectivity index (χ0n) is 15.4. The Balaban J connectivity index is 1.80. The Hall–Kier alpha value is -2.44. The van der Waals surface area contributed by atoms with Crippen LogP contribution >= 0.6 is 12.2 Å². The van der Waals surface area contributed by atoms with E-state index in [1.807, 2.05) is 11.6 Å². The number of methoxy groups -OCH3 is 1. The van der Waals surface area contributed by atoms with Crippen LogP contribution in [0.2, 0.25) is 0 Å². The molecule has 0 saturated heterocycles. The van der Waals surface area contributed by atoms with Gasteiger partial charge in [0.05, 0.1) is 30.2 Å². The van der Waals surface area contributed by atoms with Gasteiger partial charge in [-0.25, -0.2) is 0 Å². The highest BCUT2D eigenvalue weighted by molar-refractivity contribution is 7.80. The van der Waals surface area contributed by atoms with Gasteiger partial charge < -0.3 is 15.4 Å². The predicted octanol–water partition coefficient (Wildman–Crippen LogP) is 3.63. The number of fused-ring (bicyclic) bond motifs is 1. The Bertz CT molecular complexity index is 914. The van der Waals surface area contributed by atoms with Gasteiger partial charge in [0, 0.05) is 13.7 Å². The summed E-state index contributed by atoms with van der Waals surface area (Å²) in [7, 11) is 1.67. The van der Waals surface area contributed by atoms with E-state index in [9.17, 15) is 0 Å². The van der Waals surface area contributed by atoms with Gasteiger partial charge >= 0.3 is 0 Å². The predicted molar refractivity (Wildman–Crippen MR) is 111 cm³/mol. The molecule has 2 N–H and O–H groups in total. The molecule has 0 aliphatic heterocycles. The third-order valence-corrected chi connectivity index (χ3v) is 4.66. The van der Waals surface area contributed by atoms with E-state index in [4.69, 9.17) is 22.1 Å². The molecule has 1 aromatic heterocycles. The molecule has 0 radical (unpaired) electrons. The monoisotopic (exact) mass is 368 g/mol. The number of aryl methyl sites for hydroxylation is 1. The maximum Gasteiger partial charge on any atom is 0.170 e. The van der Waals surface area contributed by atoms with E-state index in [2.05, 4.69) is 60.0 Å². The van der Waals surface area contributed by atoms with Crippen molar-refractivity contribution in [2.45, 2.75) is 20.4 Å². The smallest absolute Gasteiger partial charge is 0.170 e. The number of nitrogens with one attached hydrogen (secondary N) is 2. The molecule has 3 aromatic rings. The van der Waals surface area contributed by atoms with Gasteiger partial charge in [0.2, 0.25) is 0 Å². The normalized spacial score (nSPS) is 10.9. The van der Waals surface area contributed by atoms with Crippen molar-refractivity contribution in [3.05, 3.63) is 59.4 Å². The summed E-state index contributed by atoms with van der Waals surface area (Å²) in [6, 6.07) is 14.8. The second-order valence-electron chi connectivity index (χ2n) is 6.22. The van der Waals surface area contributed by atoms with E-state index in [0.717, 1.165) is 23.6 Å². The van der Waals surface area contributed by atoms with Crippen molar-refractivity contribution >= 4 is 33.8 Å².